The predicted molar refractivity (Wildman–Crippen MR) is 78.9 cm³/mol. The van der Waals surface area contributed by atoms with Crippen molar-refractivity contribution in [1.82, 2.24) is 0 Å². The highest BCUT2D eigenvalue weighted by atomic mass is 16.5. The van der Waals surface area contributed by atoms with Gasteiger partial charge in [-0.2, -0.15) is 0 Å². The minimum atomic E-state index is 0.222. The number of ether oxygens (including phenoxy) is 2. The third kappa shape index (κ3) is 4.43. The van der Waals surface area contributed by atoms with E-state index in [0.29, 0.717) is 12.1 Å². The molecule has 1 fully saturated rings. The SMILES string of the molecule is CCC1CC(Nc2ccc(OC(C)C)cc2)CCO1. The van der Waals surface area contributed by atoms with Crippen molar-refractivity contribution in [2.75, 3.05) is 11.9 Å². The van der Waals surface area contributed by atoms with Crippen LogP contribution in [-0.2, 0) is 4.74 Å². The highest BCUT2D eigenvalue weighted by Gasteiger charge is 2.20. The van der Waals surface area contributed by atoms with Crippen molar-refractivity contribution in [2.24, 2.45) is 0 Å². The average molecular weight is 263 g/mol. The fraction of sp³-hybridized carbons (Fsp3) is 0.625. The molecule has 0 saturated carbocycles. The molecule has 0 bridgehead atoms. The standard InChI is InChI=1S/C16H25NO2/c1-4-15-11-14(9-10-18-15)17-13-5-7-16(8-6-13)19-12(2)3/h5-8,12,14-15,17H,4,9-11H2,1-3H3. The number of hydrogen-bond donors (Lipinski definition) is 1. The summed E-state index contributed by atoms with van der Waals surface area (Å²) in [6, 6.07) is 8.76. The van der Waals surface area contributed by atoms with Crippen LogP contribution in [0, 0.1) is 0 Å². The molecule has 1 aromatic rings. The van der Waals surface area contributed by atoms with Crippen LogP contribution in [0.25, 0.3) is 0 Å². The molecule has 0 spiro atoms. The molecule has 1 aliphatic heterocycles. The van der Waals surface area contributed by atoms with Crippen LogP contribution in [0.2, 0.25) is 0 Å². The highest BCUT2D eigenvalue weighted by molar-refractivity contribution is 5.47. The molecule has 1 N–H and O–H groups in total. The lowest BCUT2D eigenvalue weighted by Crippen LogP contribution is -2.33. The monoisotopic (exact) mass is 263 g/mol. The lowest BCUT2D eigenvalue weighted by atomic mass is 10.0. The first-order valence-corrected chi connectivity index (χ1v) is 7.32. The predicted octanol–water partition coefficient (Wildman–Crippen LogP) is 3.84. The Morgan fingerprint density at radius 1 is 1.32 bits per heavy atom. The van der Waals surface area contributed by atoms with Gasteiger partial charge in [-0.1, -0.05) is 6.92 Å². The molecule has 3 nitrogen and oxygen atoms in total. The molecule has 0 aliphatic carbocycles. The summed E-state index contributed by atoms with van der Waals surface area (Å²) in [5.41, 5.74) is 1.16. The zero-order valence-corrected chi connectivity index (χ0v) is 12.2. The molecule has 19 heavy (non-hydrogen) atoms. The summed E-state index contributed by atoms with van der Waals surface area (Å²) in [6.45, 7) is 7.13. The second-order valence-electron chi connectivity index (χ2n) is 5.46. The van der Waals surface area contributed by atoms with Gasteiger partial charge in [-0.15, -0.1) is 0 Å². The van der Waals surface area contributed by atoms with E-state index in [1.165, 1.54) is 0 Å². The average Bonchev–Trinajstić information content (AvgIpc) is 2.41. The molecular formula is C16H25NO2. The molecule has 2 rings (SSSR count). The van der Waals surface area contributed by atoms with Gasteiger partial charge in [0.15, 0.2) is 0 Å². The number of rotatable bonds is 5. The summed E-state index contributed by atoms with van der Waals surface area (Å²) in [7, 11) is 0. The van der Waals surface area contributed by atoms with Crippen molar-refractivity contribution in [3.63, 3.8) is 0 Å². The largest absolute Gasteiger partial charge is 0.491 e. The van der Waals surface area contributed by atoms with Crippen molar-refractivity contribution in [1.29, 1.82) is 0 Å². The first kappa shape index (κ1) is 14.2. The summed E-state index contributed by atoms with van der Waals surface area (Å²) in [6.07, 6.45) is 3.91. The fourth-order valence-electron chi connectivity index (χ4n) is 2.43. The zero-order chi connectivity index (χ0) is 13.7. The molecule has 0 radical (unpaired) electrons. The van der Waals surface area contributed by atoms with Crippen LogP contribution in [-0.4, -0.2) is 24.9 Å². The summed E-state index contributed by atoms with van der Waals surface area (Å²) in [4.78, 5) is 0. The van der Waals surface area contributed by atoms with Crippen molar-refractivity contribution in [3.05, 3.63) is 24.3 Å². The Kier molecular flexibility index (Phi) is 5.08. The van der Waals surface area contributed by atoms with Gasteiger partial charge in [-0.05, 0) is 57.4 Å². The van der Waals surface area contributed by atoms with E-state index in [-0.39, 0.29) is 6.10 Å². The van der Waals surface area contributed by atoms with Gasteiger partial charge < -0.3 is 14.8 Å². The van der Waals surface area contributed by atoms with Crippen LogP contribution in [0.1, 0.15) is 40.0 Å². The molecule has 1 saturated heterocycles. The van der Waals surface area contributed by atoms with Crippen LogP contribution < -0.4 is 10.1 Å². The van der Waals surface area contributed by atoms with Crippen LogP contribution in [0.15, 0.2) is 24.3 Å². The normalized spacial score (nSPS) is 23.4. The smallest absolute Gasteiger partial charge is 0.119 e. The van der Waals surface area contributed by atoms with Gasteiger partial charge in [0.1, 0.15) is 5.75 Å². The van der Waals surface area contributed by atoms with E-state index in [1.54, 1.807) is 0 Å². The first-order valence-electron chi connectivity index (χ1n) is 7.32. The van der Waals surface area contributed by atoms with Crippen molar-refractivity contribution in [2.45, 2.75) is 58.3 Å². The summed E-state index contributed by atoms with van der Waals surface area (Å²) < 4.78 is 11.3. The Labute approximate surface area is 116 Å². The van der Waals surface area contributed by atoms with E-state index < -0.39 is 0 Å². The van der Waals surface area contributed by atoms with E-state index in [0.717, 1.165) is 37.3 Å². The minimum absolute atomic E-state index is 0.222. The molecular weight excluding hydrogens is 238 g/mol. The summed E-state index contributed by atoms with van der Waals surface area (Å²) >= 11 is 0. The van der Waals surface area contributed by atoms with Crippen LogP contribution >= 0.6 is 0 Å². The summed E-state index contributed by atoms with van der Waals surface area (Å²) in [5, 5.41) is 3.59. The second-order valence-corrected chi connectivity index (χ2v) is 5.46. The lowest BCUT2D eigenvalue weighted by Gasteiger charge is -2.30. The van der Waals surface area contributed by atoms with Crippen molar-refractivity contribution < 1.29 is 9.47 Å². The van der Waals surface area contributed by atoms with Gasteiger partial charge in [-0.3, -0.25) is 0 Å². The van der Waals surface area contributed by atoms with E-state index in [4.69, 9.17) is 9.47 Å². The van der Waals surface area contributed by atoms with Crippen LogP contribution in [0.5, 0.6) is 5.75 Å². The lowest BCUT2D eigenvalue weighted by molar-refractivity contribution is 0.00925. The third-order valence-electron chi connectivity index (χ3n) is 3.42. The Morgan fingerprint density at radius 3 is 2.68 bits per heavy atom. The topological polar surface area (TPSA) is 30.5 Å². The second kappa shape index (κ2) is 6.80. The highest BCUT2D eigenvalue weighted by Crippen LogP contribution is 2.22. The van der Waals surface area contributed by atoms with Gasteiger partial charge in [0.05, 0.1) is 12.2 Å². The van der Waals surface area contributed by atoms with Gasteiger partial charge in [0.2, 0.25) is 0 Å². The van der Waals surface area contributed by atoms with Gasteiger partial charge in [0.25, 0.3) is 0 Å². The minimum Gasteiger partial charge on any atom is -0.491 e. The zero-order valence-electron chi connectivity index (χ0n) is 12.2. The molecule has 3 heteroatoms. The van der Waals surface area contributed by atoms with E-state index >= 15 is 0 Å². The molecule has 1 aromatic carbocycles. The van der Waals surface area contributed by atoms with E-state index in [9.17, 15) is 0 Å². The number of anilines is 1. The quantitative estimate of drug-likeness (QED) is 0.875. The maximum atomic E-state index is 5.70. The fourth-order valence-corrected chi connectivity index (χ4v) is 2.43. The molecule has 106 valence electrons. The molecule has 1 heterocycles. The Bertz CT molecular complexity index is 375. The van der Waals surface area contributed by atoms with Crippen molar-refractivity contribution in [3.8, 4) is 5.75 Å². The molecule has 0 aromatic heterocycles. The van der Waals surface area contributed by atoms with Gasteiger partial charge in [-0.25, -0.2) is 0 Å². The van der Waals surface area contributed by atoms with Crippen LogP contribution in [0.3, 0.4) is 0 Å². The van der Waals surface area contributed by atoms with Crippen molar-refractivity contribution >= 4 is 5.69 Å². The molecule has 2 unspecified atom stereocenters. The molecule has 0 amide bonds. The Morgan fingerprint density at radius 2 is 2.05 bits per heavy atom. The van der Waals surface area contributed by atoms with E-state index in [2.05, 4.69) is 24.4 Å². The molecule has 2 atom stereocenters. The molecule has 1 aliphatic rings. The number of benzene rings is 1. The Hall–Kier alpha value is -1.22. The summed E-state index contributed by atoms with van der Waals surface area (Å²) in [5.74, 6) is 0.930. The number of hydrogen-bond acceptors (Lipinski definition) is 3. The van der Waals surface area contributed by atoms with Gasteiger partial charge in [0, 0.05) is 18.3 Å². The first-order chi connectivity index (χ1) is 9.17. The maximum absolute atomic E-state index is 5.70. The Balaban J connectivity index is 1.88. The maximum Gasteiger partial charge on any atom is 0.119 e. The van der Waals surface area contributed by atoms with Crippen LogP contribution in [0.4, 0.5) is 5.69 Å². The van der Waals surface area contributed by atoms with Gasteiger partial charge >= 0.3 is 0 Å². The number of nitrogens with one attached hydrogen (secondary N) is 1. The van der Waals surface area contributed by atoms with E-state index in [1.807, 2.05) is 26.0 Å². The third-order valence-corrected chi connectivity index (χ3v) is 3.42.